The molecule has 6 rings (SSSR count). The van der Waals surface area contributed by atoms with Crippen molar-refractivity contribution >= 4 is 32.3 Å². The van der Waals surface area contributed by atoms with Gasteiger partial charge in [-0.05, 0) is 142 Å². The molecule has 6 aromatic carbocycles. The van der Waals surface area contributed by atoms with Crippen LogP contribution in [0.4, 0.5) is 0 Å². The summed E-state index contributed by atoms with van der Waals surface area (Å²) in [7, 11) is 0. The van der Waals surface area contributed by atoms with E-state index in [0.717, 1.165) is 65.7 Å². The molecule has 3 N–H and O–H groups in total. The topological polar surface area (TPSA) is 60.7 Å². The number of benzene rings is 6. The Bertz CT molecular complexity index is 1990. The Balaban J connectivity index is 0.000000148. The van der Waals surface area contributed by atoms with E-state index in [-0.39, 0.29) is 0 Å². The van der Waals surface area contributed by atoms with E-state index in [1.54, 1.807) is 0 Å². The van der Waals surface area contributed by atoms with Gasteiger partial charge in [-0.3, -0.25) is 0 Å². The molecule has 3 heteroatoms. The largest absolute Gasteiger partial charge is 0.507 e. The minimum Gasteiger partial charge on any atom is -0.507 e. The first-order chi connectivity index (χ1) is 20.2. The average Bonchev–Trinajstić information content (AvgIpc) is 2.96. The summed E-state index contributed by atoms with van der Waals surface area (Å²) in [5.74, 6) is 1.26. The van der Waals surface area contributed by atoms with Crippen molar-refractivity contribution in [3.63, 3.8) is 0 Å². The second-order valence-electron chi connectivity index (χ2n) is 12.1. The number of aromatic hydroxyl groups is 3. The number of rotatable bonds is 0. The van der Waals surface area contributed by atoms with Crippen LogP contribution < -0.4 is 0 Å². The normalized spacial score (nSPS) is 10.8. The highest BCUT2D eigenvalue weighted by atomic mass is 16.3. The van der Waals surface area contributed by atoms with Crippen LogP contribution in [0.3, 0.4) is 0 Å². The summed E-state index contributed by atoms with van der Waals surface area (Å²) in [6, 6.07) is 22.8. The second kappa shape index (κ2) is 12.4. The van der Waals surface area contributed by atoms with Gasteiger partial charge < -0.3 is 15.3 Å². The predicted octanol–water partition coefficient (Wildman–Crippen LogP) is 10.7. The van der Waals surface area contributed by atoms with Gasteiger partial charge in [-0.25, -0.2) is 0 Å². The van der Waals surface area contributed by atoms with Gasteiger partial charge in [0.15, 0.2) is 0 Å². The fraction of sp³-hybridized carbons (Fsp3) is 0.250. The first-order valence-electron chi connectivity index (χ1n) is 14.8. The first kappa shape index (κ1) is 31.4. The Kier molecular flexibility index (Phi) is 9.06. The quantitative estimate of drug-likeness (QED) is 0.170. The van der Waals surface area contributed by atoms with E-state index < -0.39 is 0 Å². The molecule has 0 aliphatic rings. The lowest BCUT2D eigenvalue weighted by Crippen LogP contribution is -1.87. The van der Waals surface area contributed by atoms with Gasteiger partial charge in [0.05, 0.1) is 0 Å². The zero-order chi connectivity index (χ0) is 31.7. The Morgan fingerprint density at radius 2 is 0.698 bits per heavy atom. The van der Waals surface area contributed by atoms with Gasteiger partial charge in [0, 0.05) is 16.2 Å². The lowest BCUT2D eigenvalue weighted by atomic mass is 9.97. The van der Waals surface area contributed by atoms with Gasteiger partial charge in [0.2, 0.25) is 0 Å². The fourth-order valence-corrected chi connectivity index (χ4v) is 5.37. The molecule has 0 unspecified atom stereocenters. The molecule has 0 aromatic heterocycles. The van der Waals surface area contributed by atoms with E-state index in [1.165, 1.54) is 22.3 Å². The number of hydrogen-bond acceptors (Lipinski definition) is 3. The summed E-state index contributed by atoms with van der Waals surface area (Å²) in [4.78, 5) is 0. The first-order valence-corrected chi connectivity index (χ1v) is 14.8. The van der Waals surface area contributed by atoms with Crippen LogP contribution in [0.1, 0.15) is 55.6 Å². The van der Waals surface area contributed by atoms with Crippen molar-refractivity contribution < 1.29 is 15.3 Å². The van der Waals surface area contributed by atoms with Crippen LogP contribution >= 0.6 is 0 Å². The third-order valence-electron chi connectivity index (χ3n) is 8.80. The van der Waals surface area contributed by atoms with Crippen LogP contribution in [0.2, 0.25) is 0 Å². The van der Waals surface area contributed by atoms with Crippen molar-refractivity contribution in [2.75, 3.05) is 0 Å². The van der Waals surface area contributed by atoms with E-state index in [2.05, 4.69) is 69.3 Å². The van der Waals surface area contributed by atoms with Gasteiger partial charge in [0.1, 0.15) is 17.2 Å². The summed E-state index contributed by atoms with van der Waals surface area (Å²) in [6.07, 6.45) is 0. The Labute approximate surface area is 256 Å². The number of phenols is 3. The van der Waals surface area contributed by atoms with Crippen molar-refractivity contribution in [1.29, 1.82) is 0 Å². The maximum absolute atomic E-state index is 10.1. The number of hydrogen-bond donors (Lipinski definition) is 3. The molecular formula is C40H44O3. The van der Waals surface area contributed by atoms with Crippen LogP contribution in [-0.4, -0.2) is 15.3 Å². The van der Waals surface area contributed by atoms with Gasteiger partial charge in [-0.15, -0.1) is 0 Å². The molecule has 6 aromatic rings. The van der Waals surface area contributed by atoms with E-state index in [0.29, 0.717) is 17.2 Å². The molecule has 0 aliphatic heterocycles. The summed E-state index contributed by atoms with van der Waals surface area (Å²) < 4.78 is 0. The fourth-order valence-electron chi connectivity index (χ4n) is 5.37. The average molecular weight is 573 g/mol. The maximum Gasteiger partial charge on any atom is 0.126 e. The molecule has 0 heterocycles. The Morgan fingerprint density at radius 3 is 1.26 bits per heavy atom. The summed E-state index contributed by atoms with van der Waals surface area (Å²) >= 11 is 0. The molecule has 3 nitrogen and oxygen atoms in total. The molecule has 0 spiro atoms. The van der Waals surface area contributed by atoms with Crippen LogP contribution in [0.25, 0.3) is 32.3 Å². The zero-order valence-electron chi connectivity index (χ0n) is 27.2. The van der Waals surface area contributed by atoms with Crippen molar-refractivity contribution in [1.82, 2.24) is 0 Å². The monoisotopic (exact) mass is 572 g/mol. The Morgan fingerprint density at radius 1 is 0.326 bits per heavy atom. The van der Waals surface area contributed by atoms with Crippen LogP contribution in [0, 0.1) is 69.2 Å². The molecule has 0 saturated carbocycles. The lowest BCUT2D eigenvalue weighted by Gasteiger charge is -2.10. The van der Waals surface area contributed by atoms with Crippen LogP contribution in [0.5, 0.6) is 17.2 Å². The molecule has 0 aliphatic carbocycles. The van der Waals surface area contributed by atoms with E-state index in [1.807, 2.05) is 66.7 Å². The van der Waals surface area contributed by atoms with Gasteiger partial charge in [0.25, 0.3) is 0 Å². The molecule has 222 valence electrons. The predicted molar refractivity (Wildman–Crippen MR) is 184 cm³/mol. The third-order valence-corrected chi connectivity index (χ3v) is 8.80. The molecule has 0 saturated heterocycles. The molecule has 0 radical (unpaired) electrons. The van der Waals surface area contributed by atoms with E-state index in [9.17, 15) is 15.3 Å². The smallest absolute Gasteiger partial charge is 0.126 e. The van der Waals surface area contributed by atoms with Gasteiger partial charge in [-0.2, -0.15) is 0 Å². The van der Waals surface area contributed by atoms with Crippen LogP contribution in [0.15, 0.2) is 66.7 Å². The minimum absolute atomic E-state index is 0.417. The highest BCUT2D eigenvalue weighted by Gasteiger charge is 2.09. The van der Waals surface area contributed by atoms with E-state index >= 15 is 0 Å². The highest BCUT2D eigenvalue weighted by molar-refractivity contribution is 5.92. The zero-order valence-corrected chi connectivity index (χ0v) is 27.2. The molecule has 0 amide bonds. The standard InChI is InChI=1S/C14H16O.2C13H14O/c1-8-5-12-6-10(3)11(4)14(15)13(12)7-9(8)2;1-8-4-5-12-11(6-8)7-9(2)10(3)13(12)14;1-8-4-5-11-7-9(2)10(3)13(14)12(11)6-8/h5-7,15H,1-4H3;2*4-7,14H,1-3H3. The highest BCUT2D eigenvalue weighted by Crippen LogP contribution is 2.34. The van der Waals surface area contributed by atoms with E-state index in [4.69, 9.17) is 0 Å². The number of phenolic OH excluding ortho intramolecular Hbond substituents is 3. The van der Waals surface area contributed by atoms with Crippen molar-refractivity contribution in [3.8, 4) is 17.2 Å². The molecule has 0 fully saturated rings. The maximum atomic E-state index is 10.1. The lowest BCUT2D eigenvalue weighted by molar-refractivity contribution is 0.476. The minimum atomic E-state index is 0.417. The Hall–Kier alpha value is -4.50. The molecular weight excluding hydrogens is 528 g/mol. The van der Waals surface area contributed by atoms with Gasteiger partial charge >= 0.3 is 0 Å². The van der Waals surface area contributed by atoms with Gasteiger partial charge in [-0.1, -0.05) is 65.7 Å². The third kappa shape index (κ3) is 6.46. The SMILES string of the molecule is Cc1cc2cc(C)c(C)c(O)c2cc1C.Cc1ccc2c(O)c(C)c(C)cc2c1.Cc1ccc2cc(C)c(C)c(O)c2c1. The molecule has 43 heavy (non-hydrogen) atoms. The van der Waals surface area contributed by atoms with Crippen molar-refractivity contribution in [2.24, 2.45) is 0 Å². The van der Waals surface area contributed by atoms with Crippen LogP contribution in [-0.2, 0) is 0 Å². The number of fused-ring (bicyclic) bond motifs is 3. The summed E-state index contributed by atoms with van der Waals surface area (Å²) in [5, 5.41) is 36.2. The summed E-state index contributed by atoms with van der Waals surface area (Å²) in [5.41, 5.74) is 11.2. The molecule has 0 bridgehead atoms. The summed E-state index contributed by atoms with van der Waals surface area (Å²) in [6.45, 7) is 20.2. The second-order valence-corrected chi connectivity index (χ2v) is 12.1. The van der Waals surface area contributed by atoms with Crippen molar-refractivity contribution in [3.05, 3.63) is 122 Å². The molecule has 0 atom stereocenters. The van der Waals surface area contributed by atoms with Crippen molar-refractivity contribution in [2.45, 2.75) is 69.2 Å². The number of aryl methyl sites for hydroxylation is 7.